The van der Waals surface area contributed by atoms with Crippen LogP contribution in [0.15, 0.2) is 59.0 Å². The lowest BCUT2D eigenvalue weighted by Crippen LogP contribution is -2.41. The molecule has 2 aliphatic rings. The smallest absolute Gasteiger partial charge is 0.287 e. The molecule has 0 spiro atoms. The van der Waals surface area contributed by atoms with Gasteiger partial charge in [-0.25, -0.2) is 4.39 Å². The first-order valence-electron chi connectivity index (χ1n) is 12.6. The number of carbonyl (C=O) groups excluding carboxylic acids is 3. The number of fused-ring (bicyclic) bond motifs is 1. The van der Waals surface area contributed by atoms with Gasteiger partial charge in [0.25, 0.3) is 11.8 Å². The van der Waals surface area contributed by atoms with Crippen LogP contribution in [0.3, 0.4) is 0 Å². The second-order valence-electron chi connectivity index (χ2n) is 9.07. The Morgan fingerprint density at radius 2 is 1.87 bits per heavy atom. The molecule has 1 aromatic heterocycles. The number of Topliss-reactive ketones (excluding diaryl/α,β-unsaturated/α-hetero) is 1. The average Bonchev–Trinajstić information content (AvgIpc) is 3.43. The molecule has 2 amide bonds. The molecule has 3 heterocycles. The Bertz CT molecular complexity index is 1350. The number of para-hydroxylation sites is 1. The minimum Gasteiger partial charge on any atom is -0.482 e. The fourth-order valence-electron chi connectivity index (χ4n) is 4.32. The molecule has 0 aliphatic carbocycles. The van der Waals surface area contributed by atoms with E-state index in [4.69, 9.17) is 18.6 Å². The van der Waals surface area contributed by atoms with Crippen molar-refractivity contribution in [2.45, 2.75) is 6.54 Å². The number of furan rings is 1. The van der Waals surface area contributed by atoms with Gasteiger partial charge in [0.1, 0.15) is 11.5 Å². The Labute approximate surface area is 224 Å². The second-order valence-corrected chi connectivity index (χ2v) is 9.07. The number of nitrogens with one attached hydrogen (secondary N) is 1. The fraction of sp³-hybridized carbons (Fsp3) is 0.321. The first-order chi connectivity index (χ1) is 19.0. The highest BCUT2D eigenvalue weighted by Crippen LogP contribution is 2.34. The number of morpholine rings is 1. The van der Waals surface area contributed by atoms with Crippen molar-refractivity contribution in [1.29, 1.82) is 0 Å². The zero-order chi connectivity index (χ0) is 27.2. The predicted octanol–water partition coefficient (Wildman–Crippen LogP) is 2.67. The van der Waals surface area contributed by atoms with Crippen molar-refractivity contribution >= 4 is 23.3 Å². The number of carbonyl (C=O) groups is 3. The number of anilines is 1. The van der Waals surface area contributed by atoms with Crippen LogP contribution >= 0.6 is 0 Å². The average molecular weight is 538 g/mol. The van der Waals surface area contributed by atoms with Gasteiger partial charge in [-0.1, -0.05) is 12.1 Å². The summed E-state index contributed by atoms with van der Waals surface area (Å²) in [7, 11) is 0. The summed E-state index contributed by atoms with van der Waals surface area (Å²) in [6.07, 6.45) is 0. The van der Waals surface area contributed by atoms with Crippen molar-refractivity contribution < 1.29 is 37.4 Å². The number of rotatable bonds is 10. The van der Waals surface area contributed by atoms with Gasteiger partial charge in [0.2, 0.25) is 0 Å². The topological polar surface area (TPSA) is 111 Å². The zero-order valence-electron chi connectivity index (χ0n) is 21.2. The quantitative estimate of drug-likeness (QED) is 0.393. The van der Waals surface area contributed by atoms with Crippen molar-refractivity contribution in [3.63, 3.8) is 0 Å². The Morgan fingerprint density at radius 3 is 2.69 bits per heavy atom. The van der Waals surface area contributed by atoms with E-state index < -0.39 is 11.6 Å². The lowest BCUT2D eigenvalue weighted by Gasteiger charge is -2.29. The van der Waals surface area contributed by atoms with Gasteiger partial charge in [-0.3, -0.25) is 24.2 Å². The minimum atomic E-state index is -0.565. The number of ketones is 1. The van der Waals surface area contributed by atoms with E-state index in [9.17, 15) is 18.8 Å². The number of amides is 2. The summed E-state index contributed by atoms with van der Waals surface area (Å²) in [6.45, 7) is 3.73. The summed E-state index contributed by atoms with van der Waals surface area (Å²) in [5, 5.41) is 2.85. The van der Waals surface area contributed by atoms with Gasteiger partial charge < -0.3 is 23.9 Å². The monoisotopic (exact) mass is 537 g/mol. The number of halogens is 1. The van der Waals surface area contributed by atoms with Crippen LogP contribution < -0.4 is 19.7 Å². The van der Waals surface area contributed by atoms with Crippen molar-refractivity contribution in [2.24, 2.45) is 0 Å². The van der Waals surface area contributed by atoms with Crippen LogP contribution in [0, 0.1) is 5.82 Å². The molecule has 11 heteroatoms. The molecule has 5 rings (SSSR count). The molecular weight excluding hydrogens is 509 g/mol. The molecule has 39 heavy (non-hydrogen) atoms. The summed E-state index contributed by atoms with van der Waals surface area (Å²) < 4.78 is 35.7. The van der Waals surface area contributed by atoms with Crippen molar-refractivity contribution in [2.75, 3.05) is 57.5 Å². The van der Waals surface area contributed by atoms with E-state index in [0.717, 1.165) is 13.1 Å². The molecule has 0 radical (unpaired) electrons. The van der Waals surface area contributed by atoms with Gasteiger partial charge in [0, 0.05) is 31.7 Å². The SMILES string of the molecule is O=C(COc1ccccc1F)c1ccc2c(c1)N(Cc1ccc(C(=O)NCCN3CCOCC3)o1)C(=O)CO2. The van der Waals surface area contributed by atoms with Crippen molar-refractivity contribution in [1.82, 2.24) is 10.2 Å². The van der Waals surface area contributed by atoms with Crippen LogP contribution in [-0.4, -0.2) is 75.1 Å². The van der Waals surface area contributed by atoms with E-state index in [1.807, 2.05) is 0 Å². The highest BCUT2D eigenvalue weighted by molar-refractivity contribution is 6.02. The van der Waals surface area contributed by atoms with Gasteiger partial charge in [-0.05, 0) is 42.5 Å². The summed E-state index contributed by atoms with van der Waals surface area (Å²) in [6, 6.07) is 13.7. The molecule has 204 valence electrons. The molecule has 1 saturated heterocycles. The van der Waals surface area contributed by atoms with Gasteiger partial charge in [-0.2, -0.15) is 0 Å². The molecule has 1 fully saturated rings. The number of hydrogen-bond donors (Lipinski definition) is 1. The van der Waals surface area contributed by atoms with E-state index in [1.54, 1.807) is 30.3 Å². The third-order valence-electron chi connectivity index (χ3n) is 6.44. The summed E-state index contributed by atoms with van der Waals surface area (Å²) in [4.78, 5) is 41.7. The Hall–Kier alpha value is -4.22. The van der Waals surface area contributed by atoms with Gasteiger partial charge >= 0.3 is 0 Å². The number of hydrogen-bond acceptors (Lipinski definition) is 8. The second kappa shape index (κ2) is 12.1. The molecule has 1 N–H and O–H groups in total. The Kier molecular flexibility index (Phi) is 8.18. The van der Waals surface area contributed by atoms with Gasteiger partial charge in [0.05, 0.1) is 25.4 Å². The maximum absolute atomic E-state index is 13.8. The van der Waals surface area contributed by atoms with Crippen LogP contribution in [0.4, 0.5) is 10.1 Å². The first-order valence-corrected chi connectivity index (χ1v) is 12.6. The normalized spacial score (nSPS) is 15.4. The molecule has 0 atom stereocenters. The van der Waals surface area contributed by atoms with Crippen LogP contribution in [0.1, 0.15) is 26.7 Å². The molecule has 0 bridgehead atoms. The molecule has 2 aromatic carbocycles. The largest absolute Gasteiger partial charge is 0.482 e. The maximum atomic E-state index is 13.8. The van der Waals surface area contributed by atoms with E-state index >= 15 is 0 Å². The summed E-state index contributed by atoms with van der Waals surface area (Å²) in [5.74, 6) is -0.695. The Balaban J connectivity index is 1.22. The van der Waals surface area contributed by atoms with Gasteiger partial charge in [-0.15, -0.1) is 0 Å². The Morgan fingerprint density at radius 1 is 1.05 bits per heavy atom. The lowest BCUT2D eigenvalue weighted by molar-refractivity contribution is -0.121. The van der Waals surface area contributed by atoms with E-state index in [-0.39, 0.29) is 48.6 Å². The van der Waals surface area contributed by atoms with Crippen molar-refractivity contribution in [3.8, 4) is 11.5 Å². The molecule has 0 unspecified atom stereocenters. The molecular formula is C28H28FN3O7. The third kappa shape index (κ3) is 6.44. The highest BCUT2D eigenvalue weighted by Gasteiger charge is 2.28. The molecule has 2 aliphatic heterocycles. The number of ether oxygens (including phenoxy) is 3. The summed E-state index contributed by atoms with van der Waals surface area (Å²) >= 11 is 0. The minimum absolute atomic E-state index is 0.0253. The fourth-order valence-corrected chi connectivity index (χ4v) is 4.32. The van der Waals surface area contributed by atoms with Gasteiger partial charge in [0.15, 0.2) is 36.3 Å². The van der Waals surface area contributed by atoms with E-state index in [0.29, 0.717) is 43.5 Å². The van der Waals surface area contributed by atoms with E-state index in [2.05, 4.69) is 10.2 Å². The van der Waals surface area contributed by atoms with Crippen LogP contribution in [0.5, 0.6) is 11.5 Å². The van der Waals surface area contributed by atoms with Crippen LogP contribution in [0.25, 0.3) is 0 Å². The molecule has 0 saturated carbocycles. The highest BCUT2D eigenvalue weighted by atomic mass is 19.1. The first kappa shape index (κ1) is 26.4. The number of benzene rings is 2. The zero-order valence-corrected chi connectivity index (χ0v) is 21.2. The molecule has 3 aromatic rings. The standard InChI is InChI=1S/C28H28FN3O7/c29-21-3-1-2-4-24(21)37-17-23(33)19-5-7-25-22(15-19)32(27(34)18-38-25)16-20-6-8-26(39-20)28(35)30-9-10-31-11-13-36-14-12-31/h1-8,15H,9-14,16-18H2,(H,30,35). The third-order valence-corrected chi connectivity index (χ3v) is 6.44. The lowest BCUT2D eigenvalue weighted by atomic mass is 10.1. The summed E-state index contributed by atoms with van der Waals surface area (Å²) in [5.41, 5.74) is 0.657. The molecule has 10 nitrogen and oxygen atoms in total. The predicted molar refractivity (Wildman–Crippen MR) is 138 cm³/mol. The van der Waals surface area contributed by atoms with Crippen LogP contribution in [0.2, 0.25) is 0 Å². The maximum Gasteiger partial charge on any atom is 0.287 e. The van der Waals surface area contributed by atoms with Crippen molar-refractivity contribution in [3.05, 3.63) is 77.5 Å². The van der Waals surface area contributed by atoms with E-state index in [1.165, 1.54) is 29.2 Å². The van der Waals surface area contributed by atoms with Crippen LogP contribution in [-0.2, 0) is 16.1 Å². The number of nitrogens with zero attached hydrogens (tertiary/aromatic N) is 2.